The topological polar surface area (TPSA) is 99.9 Å². The van der Waals surface area contributed by atoms with Gasteiger partial charge in [-0.1, -0.05) is 30.3 Å². The van der Waals surface area contributed by atoms with Crippen LogP contribution in [0.4, 0.5) is 0 Å². The first kappa shape index (κ1) is 18.7. The summed E-state index contributed by atoms with van der Waals surface area (Å²) in [6, 6.07) is 9.86. The lowest BCUT2D eigenvalue weighted by molar-refractivity contribution is -0.142. The van der Waals surface area contributed by atoms with Crippen molar-refractivity contribution in [2.45, 2.75) is 38.8 Å². The molecule has 1 aliphatic heterocycles. The SMILES string of the molecule is Cc1oc(CNC(=O)[C@@H](c2ccccc2)N2CCCCC2=O)cc1C(=O)O. The number of amides is 2. The summed E-state index contributed by atoms with van der Waals surface area (Å²) in [4.78, 5) is 38.0. The third kappa shape index (κ3) is 4.19. The number of piperidine rings is 1. The summed E-state index contributed by atoms with van der Waals surface area (Å²) in [6.07, 6.45) is 2.14. The van der Waals surface area contributed by atoms with Gasteiger partial charge in [-0.25, -0.2) is 4.79 Å². The summed E-state index contributed by atoms with van der Waals surface area (Å²) >= 11 is 0. The highest BCUT2D eigenvalue weighted by molar-refractivity contribution is 5.90. The van der Waals surface area contributed by atoms with Gasteiger partial charge in [0.25, 0.3) is 0 Å². The van der Waals surface area contributed by atoms with Crippen molar-refractivity contribution in [3.8, 4) is 0 Å². The van der Waals surface area contributed by atoms with Crippen LogP contribution >= 0.6 is 0 Å². The van der Waals surface area contributed by atoms with Crippen molar-refractivity contribution in [1.29, 1.82) is 0 Å². The van der Waals surface area contributed by atoms with Crippen LogP contribution in [-0.2, 0) is 16.1 Å². The van der Waals surface area contributed by atoms with E-state index in [4.69, 9.17) is 9.52 Å². The molecule has 1 aromatic carbocycles. The normalized spacial score (nSPS) is 15.4. The van der Waals surface area contributed by atoms with Gasteiger partial charge in [0, 0.05) is 13.0 Å². The van der Waals surface area contributed by atoms with Gasteiger partial charge in [0.05, 0.1) is 6.54 Å². The minimum absolute atomic E-state index is 0.0349. The number of rotatable bonds is 6. The molecule has 3 rings (SSSR count). The fourth-order valence-electron chi connectivity index (χ4n) is 3.32. The molecule has 2 N–H and O–H groups in total. The number of aryl methyl sites for hydroxylation is 1. The van der Waals surface area contributed by atoms with E-state index < -0.39 is 12.0 Å². The van der Waals surface area contributed by atoms with Crippen molar-refractivity contribution in [1.82, 2.24) is 10.2 Å². The van der Waals surface area contributed by atoms with Crippen LogP contribution < -0.4 is 5.32 Å². The van der Waals surface area contributed by atoms with Crippen LogP contribution in [-0.4, -0.2) is 34.3 Å². The molecule has 0 radical (unpaired) electrons. The Hall–Kier alpha value is -3.09. The van der Waals surface area contributed by atoms with Crippen LogP contribution in [0.15, 0.2) is 40.8 Å². The second-order valence-corrected chi connectivity index (χ2v) is 6.56. The summed E-state index contributed by atoms with van der Waals surface area (Å²) in [5.41, 5.74) is 0.817. The number of carbonyl (C=O) groups excluding carboxylic acids is 2. The van der Waals surface area contributed by atoms with Gasteiger partial charge in [-0.2, -0.15) is 0 Å². The Balaban J connectivity index is 1.78. The summed E-state index contributed by atoms with van der Waals surface area (Å²) in [6.45, 7) is 2.15. The number of likely N-dealkylation sites (tertiary alicyclic amines) is 1. The highest BCUT2D eigenvalue weighted by Crippen LogP contribution is 2.26. The van der Waals surface area contributed by atoms with Crippen LogP contribution in [0.3, 0.4) is 0 Å². The van der Waals surface area contributed by atoms with Crippen LogP contribution in [0, 0.1) is 6.92 Å². The molecular formula is C20H22N2O5. The molecular weight excluding hydrogens is 348 g/mol. The third-order valence-electron chi connectivity index (χ3n) is 4.67. The molecule has 2 amide bonds. The largest absolute Gasteiger partial charge is 0.478 e. The number of carboxylic acid groups (broad SMARTS) is 1. The smallest absolute Gasteiger partial charge is 0.339 e. The summed E-state index contributed by atoms with van der Waals surface area (Å²) in [5.74, 6) is -0.780. The fourth-order valence-corrected chi connectivity index (χ4v) is 3.32. The molecule has 0 spiro atoms. The Kier molecular flexibility index (Phi) is 5.59. The van der Waals surface area contributed by atoms with E-state index in [1.807, 2.05) is 30.3 Å². The van der Waals surface area contributed by atoms with Crippen LogP contribution in [0.1, 0.15) is 52.7 Å². The number of benzene rings is 1. The van der Waals surface area contributed by atoms with E-state index in [1.165, 1.54) is 6.07 Å². The number of nitrogens with one attached hydrogen (secondary N) is 1. The molecule has 142 valence electrons. The molecule has 0 unspecified atom stereocenters. The van der Waals surface area contributed by atoms with Crippen LogP contribution in [0.2, 0.25) is 0 Å². The van der Waals surface area contributed by atoms with E-state index in [0.29, 0.717) is 18.7 Å². The molecule has 7 heteroatoms. The number of hydrogen-bond acceptors (Lipinski definition) is 4. The minimum atomic E-state index is -1.07. The number of aromatic carboxylic acids is 1. The van der Waals surface area contributed by atoms with Gasteiger partial charge in [-0.3, -0.25) is 9.59 Å². The number of hydrogen-bond donors (Lipinski definition) is 2. The first-order chi connectivity index (χ1) is 13.0. The molecule has 1 atom stereocenters. The standard InChI is InChI=1S/C20H22N2O5/c1-13-16(20(25)26)11-15(27-13)12-21-19(24)18(14-7-3-2-4-8-14)22-10-6-5-9-17(22)23/h2-4,7-8,11,18H,5-6,9-10,12H2,1H3,(H,21,24)(H,25,26)/t18-/m1/s1. The summed E-state index contributed by atoms with van der Waals surface area (Å²) in [7, 11) is 0. The quantitative estimate of drug-likeness (QED) is 0.814. The van der Waals surface area contributed by atoms with Crippen molar-refractivity contribution >= 4 is 17.8 Å². The van der Waals surface area contributed by atoms with E-state index in [-0.39, 0.29) is 29.7 Å². The second-order valence-electron chi connectivity index (χ2n) is 6.56. The molecule has 7 nitrogen and oxygen atoms in total. The van der Waals surface area contributed by atoms with E-state index in [1.54, 1.807) is 11.8 Å². The molecule has 1 saturated heterocycles. The van der Waals surface area contributed by atoms with E-state index in [2.05, 4.69) is 5.32 Å². The average Bonchev–Trinajstić information content (AvgIpc) is 3.04. The van der Waals surface area contributed by atoms with Crippen molar-refractivity contribution in [2.24, 2.45) is 0 Å². The zero-order chi connectivity index (χ0) is 19.4. The number of carboxylic acids is 1. The van der Waals surface area contributed by atoms with Crippen LogP contribution in [0.25, 0.3) is 0 Å². The Morgan fingerprint density at radius 3 is 2.63 bits per heavy atom. The summed E-state index contributed by atoms with van der Waals surface area (Å²) in [5, 5.41) is 11.9. The van der Waals surface area contributed by atoms with Gasteiger partial charge in [0.2, 0.25) is 11.8 Å². The Morgan fingerprint density at radius 2 is 2.00 bits per heavy atom. The maximum Gasteiger partial charge on any atom is 0.339 e. The molecule has 2 aromatic rings. The Bertz CT molecular complexity index is 843. The van der Waals surface area contributed by atoms with Crippen LogP contribution in [0.5, 0.6) is 0 Å². The molecule has 1 aliphatic rings. The van der Waals surface area contributed by atoms with Gasteiger partial charge in [0.15, 0.2) is 0 Å². The lowest BCUT2D eigenvalue weighted by Gasteiger charge is -2.34. The van der Waals surface area contributed by atoms with E-state index in [0.717, 1.165) is 18.4 Å². The van der Waals surface area contributed by atoms with Gasteiger partial charge in [-0.15, -0.1) is 0 Å². The van der Waals surface area contributed by atoms with Gasteiger partial charge in [-0.05, 0) is 31.4 Å². The van der Waals surface area contributed by atoms with Crippen molar-refractivity contribution in [3.63, 3.8) is 0 Å². The third-order valence-corrected chi connectivity index (χ3v) is 4.67. The zero-order valence-electron chi connectivity index (χ0n) is 15.1. The number of nitrogens with zero attached hydrogens (tertiary/aromatic N) is 1. The molecule has 0 bridgehead atoms. The number of furan rings is 1. The highest BCUT2D eigenvalue weighted by Gasteiger charge is 2.32. The monoisotopic (exact) mass is 370 g/mol. The van der Waals surface area contributed by atoms with Crippen molar-refractivity contribution in [3.05, 3.63) is 59.0 Å². The average molecular weight is 370 g/mol. The molecule has 1 fully saturated rings. The van der Waals surface area contributed by atoms with Gasteiger partial charge < -0.3 is 19.7 Å². The van der Waals surface area contributed by atoms with Crippen molar-refractivity contribution in [2.75, 3.05) is 6.54 Å². The summed E-state index contributed by atoms with van der Waals surface area (Å²) < 4.78 is 5.40. The van der Waals surface area contributed by atoms with Gasteiger partial charge >= 0.3 is 5.97 Å². The fraction of sp³-hybridized carbons (Fsp3) is 0.350. The maximum atomic E-state index is 12.9. The van der Waals surface area contributed by atoms with Crippen molar-refractivity contribution < 1.29 is 23.9 Å². The minimum Gasteiger partial charge on any atom is -0.478 e. The molecule has 0 aliphatic carbocycles. The van der Waals surface area contributed by atoms with E-state index in [9.17, 15) is 14.4 Å². The van der Waals surface area contributed by atoms with E-state index >= 15 is 0 Å². The molecule has 1 aromatic heterocycles. The lowest BCUT2D eigenvalue weighted by Crippen LogP contribution is -2.45. The predicted octanol–water partition coefficient (Wildman–Crippen LogP) is 2.66. The highest BCUT2D eigenvalue weighted by atomic mass is 16.4. The Labute approximate surface area is 157 Å². The molecule has 27 heavy (non-hydrogen) atoms. The molecule has 2 heterocycles. The maximum absolute atomic E-state index is 12.9. The Morgan fingerprint density at radius 1 is 1.26 bits per heavy atom. The zero-order valence-corrected chi connectivity index (χ0v) is 15.1. The number of carbonyl (C=O) groups is 3. The predicted molar refractivity (Wildman–Crippen MR) is 97.0 cm³/mol. The van der Waals surface area contributed by atoms with Gasteiger partial charge in [0.1, 0.15) is 23.1 Å². The first-order valence-electron chi connectivity index (χ1n) is 8.92. The first-order valence-corrected chi connectivity index (χ1v) is 8.92. The lowest BCUT2D eigenvalue weighted by atomic mass is 10.0. The molecule has 0 saturated carbocycles. The second kappa shape index (κ2) is 8.07.